The maximum Gasteiger partial charge on any atom is 0.241 e. The number of anilines is 1. The van der Waals surface area contributed by atoms with Crippen LogP contribution in [0.4, 0.5) is 5.69 Å². The molecule has 0 aliphatic rings. The van der Waals surface area contributed by atoms with Gasteiger partial charge < -0.3 is 5.32 Å². The summed E-state index contributed by atoms with van der Waals surface area (Å²) in [7, 11) is 1.97. The second kappa shape index (κ2) is 8.62. The van der Waals surface area contributed by atoms with Crippen molar-refractivity contribution in [2.75, 3.05) is 12.4 Å². The summed E-state index contributed by atoms with van der Waals surface area (Å²) in [5.74, 6) is -0.00787. The summed E-state index contributed by atoms with van der Waals surface area (Å²) in [5.41, 5.74) is 2.95. The average Bonchev–Trinajstić information content (AvgIpc) is 3.07. The number of hydrogen-bond acceptors (Lipinski definition) is 3. The van der Waals surface area contributed by atoms with Gasteiger partial charge >= 0.3 is 0 Å². The van der Waals surface area contributed by atoms with Crippen molar-refractivity contribution in [3.05, 3.63) is 75.4 Å². The smallest absolute Gasteiger partial charge is 0.241 e. The molecule has 0 aliphatic heterocycles. The fourth-order valence-electron chi connectivity index (χ4n) is 2.72. The first-order chi connectivity index (χ1) is 12.5. The van der Waals surface area contributed by atoms with Gasteiger partial charge in [-0.3, -0.25) is 9.69 Å². The lowest BCUT2D eigenvalue weighted by molar-refractivity contribution is -0.120. The van der Waals surface area contributed by atoms with E-state index in [4.69, 9.17) is 0 Å². The highest BCUT2D eigenvalue weighted by molar-refractivity contribution is 9.10. The summed E-state index contributed by atoms with van der Waals surface area (Å²) < 4.78 is 1.08. The Morgan fingerprint density at radius 1 is 1.15 bits per heavy atom. The fourth-order valence-corrected chi connectivity index (χ4v) is 4.23. The van der Waals surface area contributed by atoms with Crippen molar-refractivity contribution in [2.24, 2.45) is 0 Å². The van der Waals surface area contributed by atoms with Crippen molar-refractivity contribution in [1.29, 1.82) is 0 Å². The zero-order valence-electron chi connectivity index (χ0n) is 14.8. The van der Waals surface area contributed by atoms with Crippen molar-refractivity contribution in [3.63, 3.8) is 0 Å². The predicted molar refractivity (Wildman–Crippen MR) is 113 cm³/mol. The van der Waals surface area contributed by atoms with Crippen LogP contribution in [0.25, 0.3) is 11.1 Å². The number of rotatable bonds is 6. The lowest BCUT2D eigenvalue weighted by atomic mass is 10.0. The van der Waals surface area contributed by atoms with E-state index in [1.807, 2.05) is 56.4 Å². The van der Waals surface area contributed by atoms with Crippen molar-refractivity contribution < 1.29 is 4.79 Å². The number of nitrogens with zero attached hydrogens (tertiary/aromatic N) is 1. The summed E-state index contributed by atoms with van der Waals surface area (Å²) in [6.45, 7) is 2.67. The van der Waals surface area contributed by atoms with E-state index in [9.17, 15) is 4.79 Å². The number of amides is 1. The molecule has 0 bridgehead atoms. The second-order valence-corrected chi connectivity index (χ2v) is 8.13. The molecule has 26 heavy (non-hydrogen) atoms. The van der Waals surface area contributed by atoms with Crippen LogP contribution in [0.3, 0.4) is 0 Å². The van der Waals surface area contributed by atoms with Gasteiger partial charge in [-0.25, -0.2) is 0 Å². The van der Waals surface area contributed by atoms with Crippen LogP contribution in [-0.2, 0) is 11.3 Å². The molecule has 5 heteroatoms. The van der Waals surface area contributed by atoms with E-state index in [-0.39, 0.29) is 11.9 Å². The molecule has 1 heterocycles. The molecular formula is C21H21BrN2OS. The van der Waals surface area contributed by atoms with Crippen molar-refractivity contribution in [1.82, 2.24) is 4.90 Å². The number of benzene rings is 2. The number of likely N-dealkylation sites (N-methyl/N-ethyl adjacent to an activating group) is 1. The quantitative estimate of drug-likeness (QED) is 0.550. The molecule has 0 radical (unpaired) electrons. The molecule has 1 atom stereocenters. The Balaban J connectivity index is 1.71. The Morgan fingerprint density at radius 3 is 2.54 bits per heavy atom. The van der Waals surface area contributed by atoms with Gasteiger partial charge in [0, 0.05) is 32.5 Å². The highest BCUT2D eigenvalue weighted by Crippen LogP contribution is 2.28. The van der Waals surface area contributed by atoms with Crippen LogP contribution in [0.15, 0.2) is 70.5 Å². The molecular weight excluding hydrogens is 408 g/mol. The van der Waals surface area contributed by atoms with Crippen LogP contribution in [0.2, 0.25) is 0 Å². The van der Waals surface area contributed by atoms with Gasteiger partial charge in [0.25, 0.3) is 0 Å². The van der Waals surface area contributed by atoms with Crippen LogP contribution in [0, 0.1) is 0 Å². The molecule has 3 nitrogen and oxygen atoms in total. The largest absolute Gasteiger partial charge is 0.324 e. The Bertz CT molecular complexity index is 878. The third kappa shape index (κ3) is 4.61. The van der Waals surface area contributed by atoms with E-state index in [0.29, 0.717) is 0 Å². The Labute approximate surface area is 166 Å². The first-order valence-electron chi connectivity index (χ1n) is 8.43. The van der Waals surface area contributed by atoms with Crippen LogP contribution >= 0.6 is 27.3 Å². The minimum Gasteiger partial charge on any atom is -0.324 e. The second-order valence-electron chi connectivity index (χ2n) is 6.22. The summed E-state index contributed by atoms with van der Waals surface area (Å²) in [6, 6.07) is 19.9. The highest BCUT2D eigenvalue weighted by atomic mass is 79.9. The molecule has 0 aliphatic carbocycles. The van der Waals surface area contributed by atoms with Gasteiger partial charge in [0.2, 0.25) is 5.91 Å². The number of nitrogens with one attached hydrogen (secondary N) is 1. The van der Waals surface area contributed by atoms with Crippen LogP contribution < -0.4 is 5.32 Å². The Morgan fingerprint density at radius 2 is 1.85 bits per heavy atom. The molecule has 0 spiro atoms. The normalized spacial score (nSPS) is 12.2. The SMILES string of the molecule is CC(C(=O)Nc1ccccc1-c1ccccc1)N(C)Cc1cc(Br)cs1. The molecule has 0 saturated heterocycles. The monoisotopic (exact) mass is 428 g/mol. The molecule has 1 amide bonds. The number of carbonyl (C=O) groups is 1. The summed E-state index contributed by atoms with van der Waals surface area (Å²) in [5, 5.41) is 5.15. The van der Waals surface area contributed by atoms with Crippen LogP contribution in [0.1, 0.15) is 11.8 Å². The van der Waals surface area contributed by atoms with E-state index >= 15 is 0 Å². The standard InChI is InChI=1S/C21H21BrN2OS/c1-15(24(2)13-18-12-17(22)14-26-18)21(25)23-20-11-7-6-10-19(20)16-8-4-3-5-9-16/h3-12,14-15H,13H2,1-2H3,(H,23,25). The van der Waals surface area contributed by atoms with E-state index < -0.39 is 0 Å². The van der Waals surface area contributed by atoms with Gasteiger partial charge in [-0.1, -0.05) is 48.5 Å². The molecule has 0 fully saturated rings. The third-order valence-corrected chi connectivity index (χ3v) is 6.02. The third-order valence-electron chi connectivity index (χ3n) is 4.34. The summed E-state index contributed by atoms with van der Waals surface area (Å²) in [4.78, 5) is 16.1. The lowest BCUT2D eigenvalue weighted by Gasteiger charge is -2.24. The average molecular weight is 429 g/mol. The van der Waals surface area contributed by atoms with E-state index in [0.717, 1.165) is 27.8 Å². The molecule has 0 saturated carbocycles. The molecule has 2 aromatic carbocycles. The predicted octanol–water partition coefficient (Wildman–Crippen LogP) is 5.64. The maximum absolute atomic E-state index is 12.8. The van der Waals surface area contributed by atoms with Gasteiger partial charge in [-0.05, 0) is 47.6 Å². The van der Waals surface area contributed by atoms with Gasteiger partial charge in [-0.2, -0.15) is 0 Å². The minimum absolute atomic E-state index is 0.00787. The van der Waals surface area contributed by atoms with E-state index in [2.05, 4.69) is 49.7 Å². The van der Waals surface area contributed by atoms with Gasteiger partial charge in [0.1, 0.15) is 0 Å². The first kappa shape index (κ1) is 18.8. The number of hydrogen-bond donors (Lipinski definition) is 1. The molecule has 3 aromatic rings. The van der Waals surface area contributed by atoms with E-state index in [1.54, 1.807) is 11.3 Å². The molecule has 1 unspecified atom stereocenters. The minimum atomic E-state index is -0.236. The van der Waals surface area contributed by atoms with Crippen LogP contribution in [-0.4, -0.2) is 23.9 Å². The molecule has 3 rings (SSSR count). The maximum atomic E-state index is 12.8. The molecule has 1 aromatic heterocycles. The van der Waals surface area contributed by atoms with E-state index in [1.165, 1.54) is 4.88 Å². The Kier molecular flexibility index (Phi) is 6.25. The van der Waals surface area contributed by atoms with Gasteiger partial charge in [0.05, 0.1) is 6.04 Å². The van der Waals surface area contributed by atoms with Gasteiger partial charge in [0.15, 0.2) is 0 Å². The van der Waals surface area contributed by atoms with Gasteiger partial charge in [-0.15, -0.1) is 11.3 Å². The number of para-hydroxylation sites is 1. The highest BCUT2D eigenvalue weighted by Gasteiger charge is 2.20. The number of thiophene rings is 1. The summed E-state index contributed by atoms with van der Waals surface area (Å²) >= 11 is 5.17. The van der Waals surface area contributed by atoms with Crippen molar-refractivity contribution >= 4 is 38.9 Å². The topological polar surface area (TPSA) is 32.3 Å². The molecule has 1 N–H and O–H groups in total. The van der Waals surface area contributed by atoms with Crippen molar-refractivity contribution in [3.8, 4) is 11.1 Å². The van der Waals surface area contributed by atoms with Crippen LogP contribution in [0.5, 0.6) is 0 Å². The molecule has 134 valence electrons. The first-order valence-corrected chi connectivity index (χ1v) is 10.1. The fraction of sp³-hybridized carbons (Fsp3) is 0.190. The van der Waals surface area contributed by atoms with Crippen molar-refractivity contribution in [2.45, 2.75) is 19.5 Å². The summed E-state index contributed by atoms with van der Waals surface area (Å²) in [6.07, 6.45) is 0. The number of carbonyl (C=O) groups excluding carboxylic acids is 1. The zero-order valence-corrected chi connectivity index (χ0v) is 17.2. The lowest BCUT2D eigenvalue weighted by Crippen LogP contribution is -2.39. The number of halogens is 1. The zero-order chi connectivity index (χ0) is 18.5. The Hall–Kier alpha value is -1.95.